The van der Waals surface area contributed by atoms with E-state index in [0.29, 0.717) is 6.42 Å². The van der Waals surface area contributed by atoms with Crippen molar-refractivity contribution in [3.05, 3.63) is 48.6 Å². The first-order chi connectivity index (χ1) is 26.8. The Morgan fingerprint density at radius 3 is 1.47 bits per heavy atom. The van der Waals surface area contributed by atoms with Crippen LogP contribution in [0.1, 0.15) is 194 Å². The molecule has 0 heterocycles. The van der Waals surface area contributed by atoms with E-state index < -0.39 is 32.5 Å². The summed E-state index contributed by atoms with van der Waals surface area (Å²) in [7, 11) is -4.39. The summed E-state index contributed by atoms with van der Waals surface area (Å²) in [5, 5.41) is 0. The lowest BCUT2D eigenvalue weighted by Gasteiger charge is -2.19. The Bertz CT molecular complexity index is 1040. The Balaban J connectivity index is 4.22. The van der Waals surface area contributed by atoms with Crippen molar-refractivity contribution in [1.82, 2.24) is 0 Å². The first-order valence-corrected chi connectivity index (χ1v) is 23.6. The van der Waals surface area contributed by atoms with Crippen LogP contribution in [0, 0.1) is 0 Å². The van der Waals surface area contributed by atoms with Crippen LogP contribution in [0.15, 0.2) is 48.6 Å². The fourth-order valence-electron chi connectivity index (χ4n) is 5.88. The van der Waals surface area contributed by atoms with E-state index in [0.717, 1.165) is 57.8 Å². The molecule has 9 nitrogen and oxygen atoms in total. The van der Waals surface area contributed by atoms with E-state index in [4.69, 9.17) is 24.3 Å². The Kier molecular flexibility index (Phi) is 40.1. The molecular weight excluding hydrogens is 713 g/mol. The fourth-order valence-corrected chi connectivity index (χ4v) is 6.65. The third kappa shape index (κ3) is 41.4. The van der Waals surface area contributed by atoms with Crippen molar-refractivity contribution in [3.63, 3.8) is 0 Å². The maximum Gasteiger partial charge on any atom is 0.472 e. The van der Waals surface area contributed by atoms with Crippen LogP contribution in [0.5, 0.6) is 0 Å². The fraction of sp³-hybridized carbons (Fsp3) is 0.778. The molecule has 0 aromatic heterocycles. The number of hydrogen-bond acceptors (Lipinski definition) is 8. The number of rotatable bonds is 41. The summed E-state index contributed by atoms with van der Waals surface area (Å²) in [5.74, 6) is -0.890. The topological polar surface area (TPSA) is 134 Å². The van der Waals surface area contributed by atoms with Gasteiger partial charge in [-0.1, -0.05) is 159 Å². The van der Waals surface area contributed by atoms with Crippen LogP contribution < -0.4 is 5.73 Å². The predicted molar refractivity (Wildman–Crippen MR) is 229 cm³/mol. The first kappa shape index (κ1) is 53.0. The molecule has 0 aromatic carbocycles. The minimum absolute atomic E-state index is 0.0448. The zero-order valence-electron chi connectivity index (χ0n) is 35.2. The lowest BCUT2D eigenvalue weighted by molar-refractivity contribution is -0.161. The molecule has 0 saturated carbocycles. The first-order valence-electron chi connectivity index (χ1n) is 22.1. The minimum Gasteiger partial charge on any atom is -0.462 e. The molecule has 0 aliphatic rings. The van der Waals surface area contributed by atoms with E-state index in [1.54, 1.807) is 0 Å². The lowest BCUT2D eigenvalue weighted by Crippen LogP contribution is -2.29. The van der Waals surface area contributed by atoms with Gasteiger partial charge in [0, 0.05) is 19.4 Å². The highest BCUT2D eigenvalue weighted by Gasteiger charge is 2.25. The maximum atomic E-state index is 12.6. The van der Waals surface area contributed by atoms with Crippen LogP contribution in [0.3, 0.4) is 0 Å². The van der Waals surface area contributed by atoms with Crippen molar-refractivity contribution in [2.75, 3.05) is 26.4 Å². The second-order valence-corrected chi connectivity index (χ2v) is 16.0. The van der Waals surface area contributed by atoms with Crippen LogP contribution in [-0.2, 0) is 32.7 Å². The number of carbonyl (C=O) groups excluding carboxylic acids is 2. The Morgan fingerprint density at radius 2 is 0.964 bits per heavy atom. The van der Waals surface area contributed by atoms with E-state index in [9.17, 15) is 19.0 Å². The van der Waals surface area contributed by atoms with E-state index >= 15 is 0 Å². The third-order valence-electron chi connectivity index (χ3n) is 9.19. The normalized spacial score (nSPS) is 13.7. The van der Waals surface area contributed by atoms with Gasteiger partial charge in [0.15, 0.2) is 6.10 Å². The van der Waals surface area contributed by atoms with Crippen LogP contribution in [0.4, 0.5) is 0 Å². The average molecular weight is 796 g/mol. The summed E-state index contributed by atoms with van der Waals surface area (Å²) in [5.41, 5.74) is 5.34. The van der Waals surface area contributed by atoms with Gasteiger partial charge in [-0.05, 0) is 70.6 Å². The van der Waals surface area contributed by atoms with Crippen molar-refractivity contribution in [2.45, 2.75) is 200 Å². The molecule has 1 unspecified atom stereocenters. The van der Waals surface area contributed by atoms with Gasteiger partial charge in [0.25, 0.3) is 0 Å². The third-order valence-corrected chi connectivity index (χ3v) is 10.2. The summed E-state index contributed by atoms with van der Waals surface area (Å²) in [6.45, 7) is 3.65. The van der Waals surface area contributed by atoms with Crippen molar-refractivity contribution >= 4 is 19.8 Å². The lowest BCUT2D eigenvalue weighted by atomic mass is 10.1. The van der Waals surface area contributed by atoms with Gasteiger partial charge in [-0.15, -0.1) is 0 Å². The largest absolute Gasteiger partial charge is 0.472 e. The molecule has 0 radical (unpaired) electrons. The van der Waals surface area contributed by atoms with Crippen LogP contribution in [0.2, 0.25) is 0 Å². The summed E-state index contributed by atoms with van der Waals surface area (Å²) in [6, 6.07) is 0. The van der Waals surface area contributed by atoms with Gasteiger partial charge in [-0.2, -0.15) is 0 Å². The zero-order chi connectivity index (χ0) is 40.3. The second kappa shape index (κ2) is 41.6. The van der Waals surface area contributed by atoms with Crippen molar-refractivity contribution in [2.24, 2.45) is 5.73 Å². The molecule has 0 aromatic rings. The Morgan fingerprint density at radius 1 is 0.545 bits per heavy atom. The maximum absolute atomic E-state index is 12.6. The molecule has 55 heavy (non-hydrogen) atoms. The van der Waals surface area contributed by atoms with Gasteiger partial charge in [0.1, 0.15) is 6.61 Å². The van der Waals surface area contributed by atoms with E-state index in [1.165, 1.54) is 103 Å². The van der Waals surface area contributed by atoms with E-state index in [-0.39, 0.29) is 32.6 Å². The van der Waals surface area contributed by atoms with Gasteiger partial charge in [-0.25, -0.2) is 4.57 Å². The van der Waals surface area contributed by atoms with Gasteiger partial charge in [0.2, 0.25) is 0 Å². The van der Waals surface area contributed by atoms with E-state index in [1.807, 2.05) is 0 Å². The van der Waals surface area contributed by atoms with Crippen molar-refractivity contribution < 1.29 is 37.6 Å². The Hall–Kier alpha value is -2.03. The SMILES string of the molecule is CCCCC/C=C/C/C=C/CCCCCCCCCC(=O)OC[C@H](COP(=O)(O)OCCN)OC(=O)CCC/C=C/C/C=C/CCCCCCCCCCC. The number of allylic oxidation sites excluding steroid dienone is 8. The highest BCUT2D eigenvalue weighted by molar-refractivity contribution is 7.47. The van der Waals surface area contributed by atoms with Gasteiger partial charge >= 0.3 is 19.8 Å². The second-order valence-electron chi connectivity index (χ2n) is 14.6. The van der Waals surface area contributed by atoms with Crippen molar-refractivity contribution in [1.29, 1.82) is 0 Å². The number of hydrogen-bond donors (Lipinski definition) is 2. The van der Waals surface area contributed by atoms with Crippen LogP contribution >= 0.6 is 7.82 Å². The van der Waals surface area contributed by atoms with Crippen molar-refractivity contribution in [3.8, 4) is 0 Å². The molecule has 0 amide bonds. The molecular formula is C45H82NO8P. The molecule has 0 aliphatic carbocycles. The predicted octanol–water partition coefficient (Wildman–Crippen LogP) is 12.7. The molecule has 10 heteroatoms. The molecule has 0 bridgehead atoms. The molecule has 0 rings (SSSR count). The highest BCUT2D eigenvalue weighted by atomic mass is 31.2. The number of unbranched alkanes of at least 4 members (excludes halogenated alkanes) is 20. The number of phosphoric ester groups is 1. The quantitative estimate of drug-likeness (QED) is 0.0268. The zero-order valence-corrected chi connectivity index (χ0v) is 36.0. The minimum atomic E-state index is -4.39. The number of nitrogens with two attached hydrogens (primary N) is 1. The molecule has 320 valence electrons. The number of carbonyl (C=O) groups is 2. The van der Waals surface area contributed by atoms with E-state index in [2.05, 4.69) is 62.5 Å². The molecule has 0 spiro atoms. The molecule has 0 fully saturated rings. The van der Waals surface area contributed by atoms with Gasteiger partial charge in [-0.3, -0.25) is 18.6 Å². The Labute approximate surface area is 336 Å². The number of ether oxygens (including phenoxy) is 2. The molecule has 0 aliphatic heterocycles. The molecule has 3 N–H and O–H groups in total. The monoisotopic (exact) mass is 796 g/mol. The van der Waals surface area contributed by atoms with Crippen LogP contribution in [0.25, 0.3) is 0 Å². The number of phosphoric acid groups is 1. The standard InChI is InChI=1S/C45H82NO8P/c1-3-5-7-9-11-13-15-17-19-21-23-25-27-29-31-33-35-37-44(47)51-41-43(42-53-55(49,50)52-40-39-46)54-45(48)38-36-34-32-30-28-26-24-22-20-18-16-14-12-10-8-6-4-2/h11,13,17,19,24,26,30,32,43H,3-10,12,14-16,18,20-23,25,27-29,31,33-42,46H2,1-2H3,(H,49,50)/b13-11+,19-17+,26-24+,32-30+/t43-/m1/s1. The summed E-state index contributed by atoms with van der Waals surface area (Å²) in [4.78, 5) is 34.9. The highest BCUT2D eigenvalue weighted by Crippen LogP contribution is 2.43. The summed E-state index contributed by atoms with van der Waals surface area (Å²) in [6.07, 6.45) is 47.2. The van der Waals surface area contributed by atoms with Gasteiger partial charge < -0.3 is 20.1 Å². The summed E-state index contributed by atoms with van der Waals surface area (Å²) >= 11 is 0. The molecule has 0 saturated heterocycles. The molecule has 2 atom stereocenters. The average Bonchev–Trinajstić information content (AvgIpc) is 3.17. The summed E-state index contributed by atoms with van der Waals surface area (Å²) < 4.78 is 32.7. The number of esters is 2. The smallest absolute Gasteiger partial charge is 0.462 e. The van der Waals surface area contributed by atoms with Crippen LogP contribution in [-0.4, -0.2) is 49.3 Å². The van der Waals surface area contributed by atoms with Gasteiger partial charge in [0.05, 0.1) is 13.2 Å².